The highest BCUT2D eigenvalue weighted by molar-refractivity contribution is 5.78. The number of rotatable bonds is 3. The van der Waals surface area contributed by atoms with E-state index in [0.717, 1.165) is 5.69 Å². The van der Waals surface area contributed by atoms with E-state index in [1.165, 1.54) is 61.9 Å². The summed E-state index contributed by atoms with van der Waals surface area (Å²) in [6.45, 7) is 11.8. The third kappa shape index (κ3) is 3.06. The second-order valence-electron chi connectivity index (χ2n) is 8.01. The molecule has 3 rings (SSSR count). The van der Waals surface area contributed by atoms with Gasteiger partial charge in [0.15, 0.2) is 0 Å². The van der Waals surface area contributed by atoms with Gasteiger partial charge in [0.25, 0.3) is 0 Å². The van der Waals surface area contributed by atoms with Crippen molar-refractivity contribution in [1.29, 1.82) is 0 Å². The largest absolute Gasteiger partial charge is 0.398 e. The van der Waals surface area contributed by atoms with Gasteiger partial charge in [-0.25, -0.2) is 0 Å². The Balaban J connectivity index is 2.01. The van der Waals surface area contributed by atoms with Crippen LogP contribution in [0.2, 0.25) is 0 Å². The monoisotopic (exact) mass is 312 g/mol. The maximum atomic E-state index is 6.38. The minimum Gasteiger partial charge on any atom is -0.398 e. The zero-order valence-electron chi connectivity index (χ0n) is 15.3. The number of benzene rings is 1. The van der Waals surface area contributed by atoms with Gasteiger partial charge in [0.1, 0.15) is 0 Å². The summed E-state index contributed by atoms with van der Waals surface area (Å²) >= 11 is 0. The fourth-order valence-corrected chi connectivity index (χ4v) is 4.30. The molecular formula is C21H32N2. The zero-order valence-corrected chi connectivity index (χ0v) is 15.3. The first-order valence-electron chi connectivity index (χ1n) is 9.26. The number of hydrogen-bond donors (Lipinski definition) is 1. The number of likely N-dealkylation sites (tertiary alicyclic amines) is 1. The minimum atomic E-state index is 0.0910. The summed E-state index contributed by atoms with van der Waals surface area (Å²) < 4.78 is 0. The molecule has 1 unspecified atom stereocenters. The molecule has 2 nitrogen and oxygen atoms in total. The summed E-state index contributed by atoms with van der Waals surface area (Å²) in [5, 5.41) is 0. The third-order valence-corrected chi connectivity index (χ3v) is 6.26. The Bertz CT molecular complexity index is 606. The highest BCUT2D eigenvalue weighted by Crippen LogP contribution is 2.40. The Hall–Kier alpha value is -1.28. The number of nitrogen functional groups attached to an aromatic ring is 1. The number of nitrogens with zero attached hydrogens (tertiary/aromatic N) is 1. The zero-order chi connectivity index (χ0) is 16.6. The maximum Gasteiger partial charge on any atom is 0.0404 e. The number of anilines is 1. The quantitative estimate of drug-likeness (QED) is 0.778. The lowest BCUT2D eigenvalue weighted by atomic mass is 9.80. The van der Waals surface area contributed by atoms with Crippen LogP contribution in [0.1, 0.15) is 70.9 Å². The van der Waals surface area contributed by atoms with Crippen LogP contribution in [-0.4, -0.2) is 18.0 Å². The summed E-state index contributed by atoms with van der Waals surface area (Å²) in [6.07, 6.45) is 6.43. The van der Waals surface area contributed by atoms with Crippen LogP contribution >= 0.6 is 0 Å². The molecule has 1 atom stereocenters. The molecule has 126 valence electrons. The van der Waals surface area contributed by atoms with E-state index in [4.69, 9.17) is 5.73 Å². The van der Waals surface area contributed by atoms with Crippen molar-refractivity contribution in [2.24, 2.45) is 5.92 Å². The predicted octanol–water partition coefficient (Wildman–Crippen LogP) is 5.19. The summed E-state index contributed by atoms with van der Waals surface area (Å²) in [6, 6.07) is 6.74. The van der Waals surface area contributed by atoms with Gasteiger partial charge in [-0.3, -0.25) is 4.90 Å². The molecule has 2 heteroatoms. The van der Waals surface area contributed by atoms with Crippen molar-refractivity contribution in [2.45, 2.75) is 65.3 Å². The van der Waals surface area contributed by atoms with E-state index in [2.05, 4.69) is 50.8 Å². The standard InChI is InChI=1S/C21H32N2/c1-15-8-7-9-18(16(15)2)19-14-17(10-11-20(19)22)21(3,4)23-12-5-6-13-23/h10-11,14-15H,5-9,12-13,22H2,1-4H3. The van der Waals surface area contributed by atoms with Crippen LogP contribution in [0.5, 0.6) is 0 Å². The van der Waals surface area contributed by atoms with Crippen molar-refractivity contribution >= 4 is 11.3 Å². The van der Waals surface area contributed by atoms with Crippen LogP contribution in [0.4, 0.5) is 5.69 Å². The Morgan fingerprint density at radius 3 is 2.52 bits per heavy atom. The smallest absolute Gasteiger partial charge is 0.0404 e. The van der Waals surface area contributed by atoms with Gasteiger partial charge in [-0.05, 0) is 95.2 Å². The molecule has 0 aromatic heterocycles. The Morgan fingerprint density at radius 2 is 1.83 bits per heavy atom. The minimum absolute atomic E-state index is 0.0910. The van der Waals surface area contributed by atoms with E-state index in [1.54, 1.807) is 5.57 Å². The summed E-state index contributed by atoms with van der Waals surface area (Å²) in [5.74, 6) is 0.688. The Labute approximate surface area is 141 Å². The molecule has 2 aliphatic rings. The van der Waals surface area contributed by atoms with E-state index in [1.807, 2.05) is 0 Å². The molecule has 1 aliphatic heterocycles. The normalized spacial score (nSPS) is 23.6. The third-order valence-electron chi connectivity index (χ3n) is 6.26. The predicted molar refractivity (Wildman–Crippen MR) is 100 cm³/mol. The molecular weight excluding hydrogens is 280 g/mol. The van der Waals surface area contributed by atoms with Gasteiger partial charge in [0.05, 0.1) is 0 Å². The number of allylic oxidation sites excluding steroid dienone is 2. The van der Waals surface area contributed by atoms with Gasteiger partial charge >= 0.3 is 0 Å². The first kappa shape index (κ1) is 16.6. The van der Waals surface area contributed by atoms with Crippen molar-refractivity contribution < 1.29 is 0 Å². The van der Waals surface area contributed by atoms with E-state index in [-0.39, 0.29) is 5.54 Å². The Kier molecular flexibility index (Phi) is 4.55. The van der Waals surface area contributed by atoms with Crippen LogP contribution in [-0.2, 0) is 5.54 Å². The van der Waals surface area contributed by atoms with Crippen molar-refractivity contribution in [3.05, 3.63) is 34.9 Å². The number of hydrogen-bond acceptors (Lipinski definition) is 2. The van der Waals surface area contributed by atoms with E-state index in [9.17, 15) is 0 Å². The summed E-state index contributed by atoms with van der Waals surface area (Å²) in [7, 11) is 0. The fourth-order valence-electron chi connectivity index (χ4n) is 4.30. The average Bonchev–Trinajstić information content (AvgIpc) is 3.06. The molecule has 0 bridgehead atoms. The van der Waals surface area contributed by atoms with Gasteiger partial charge in [0, 0.05) is 16.8 Å². The number of nitrogens with two attached hydrogens (primary N) is 1. The van der Waals surface area contributed by atoms with Crippen LogP contribution in [0.25, 0.3) is 5.57 Å². The maximum absolute atomic E-state index is 6.38. The van der Waals surface area contributed by atoms with E-state index < -0.39 is 0 Å². The van der Waals surface area contributed by atoms with Crippen molar-refractivity contribution in [1.82, 2.24) is 4.90 Å². The molecule has 1 aromatic carbocycles. The van der Waals surface area contributed by atoms with E-state index in [0.29, 0.717) is 5.92 Å². The fraction of sp³-hybridized carbons (Fsp3) is 0.619. The van der Waals surface area contributed by atoms with Gasteiger partial charge in [-0.1, -0.05) is 18.6 Å². The van der Waals surface area contributed by atoms with Gasteiger partial charge in [-0.15, -0.1) is 0 Å². The van der Waals surface area contributed by atoms with Crippen LogP contribution in [0.15, 0.2) is 23.8 Å². The van der Waals surface area contributed by atoms with Crippen LogP contribution in [0, 0.1) is 5.92 Å². The second kappa shape index (κ2) is 6.32. The molecule has 23 heavy (non-hydrogen) atoms. The van der Waals surface area contributed by atoms with Gasteiger partial charge in [-0.2, -0.15) is 0 Å². The highest BCUT2D eigenvalue weighted by Gasteiger charge is 2.31. The molecule has 1 fully saturated rings. The lowest BCUT2D eigenvalue weighted by Gasteiger charge is -2.36. The molecule has 0 radical (unpaired) electrons. The molecule has 0 spiro atoms. The van der Waals surface area contributed by atoms with Crippen LogP contribution < -0.4 is 5.73 Å². The van der Waals surface area contributed by atoms with Crippen molar-refractivity contribution in [3.8, 4) is 0 Å². The van der Waals surface area contributed by atoms with Crippen LogP contribution in [0.3, 0.4) is 0 Å². The second-order valence-corrected chi connectivity index (χ2v) is 8.01. The highest BCUT2D eigenvalue weighted by atomic mass is 15.2. The lowest BCUT2D eigenvalue weighted by molar-refractivity contribution is 0.155. The van der Waals surface area contributed by atoms with Crippen molar-refractivity contribution in [2.75, 3.05) is 18.8 Å². The molecule has 0 saturated carbocycles. The molecule has 1 heterocycles. The summed E-state index contributed by atoms with van der Waals surface area (Å²) in [4.78, 5) is 2.62. The molecule has 1 saturated heterocycles. The van der Waals surface area contributed by atoms with E-state index >= 15 is 0 Å². The van der Waals surface area contributed by atoms with Gasteiger partial charge < -0.3 is 5.73 Å². The lowest BCUT2D eigenvalue weighted by Crippen LogP contribution is -2.39. The topological polar surface area (TPSA) is 29.3 Å². The first-order chi connectivity index (χ1) is 10.9. The molecule has 0 amide bonds. The average molecular weight is 313 g/mol. The van der Waals surface area contributed by atoms with Crippen molar-refractivity contribution in [3.63, 3.8) is 0 Å². The molecule has 1 aliphatic carbocycles. The Morgan fingerprint density at radius 1 is 1.13 bits per heavy atom. The summed E-state index contributed by atoms with van der Waals surface area (Å²) in [5.41, 5.74) is 13.1. The van der Waals surface area contributed by atoms with Gasteiger partial charge in [0.2, 0.25) is 0 Å². The SMILES string of the molecule is CC1=C(c2cc(C(C)(C)N3CCCC3)ccc2N)CCCC1C. The molecule has 2 N–H and O–H groups in total. The first-order valence-corrected chi connectivity index (χ1v) is 9.26. The molecule has 1 aromatic rings.